The van der Waals surface area contributed by atoms with Gasteiger partial charge in [-0.05, 0) is 29.3 Å². The van der Waals surface area contributed by atoms with E-state index >= 15 is 0 Å². The molecule has 1 atom stereocenters. The minimum atomic E-state index is -1.11. The summed E-state index contributed by atoms with van der Waals surface area (Å²) in [5.74, 6) is -0.489. The maximum absolute atomic E-state index is 11.1. The highest BCUT2D eigenvalue weighted by Gasteiger charge is 2.17. The number of hydrogen-bond acceptors (Lipinski definition) is 6. The number of nitrogens with one attached hydrogen (secondary N) is 1. The number of benzene rings is 3. The number of halogens is 1. The van der Waals surface area contributed by atoms with E-state index in [2.05, 4.69) is 15.5 Å². The van der Waals surface area contributed by atoms with Crippen LogP contribution in [0.5, 0.6) is 0 Å². The number of hydrogen-bond donors (Lipinski definition) is 3. The number of carboxylic acid groups (broad SMARTS) is 1. The van der Waals surface area contributed by atoms with E-state index < -0.39 is 18.6 Å². The monoisotopic (exact) mass is 449 g/mol. The van der Waals surface area contributed by atoms with Crippen molar-refractivity contribution in [3.63, 3.8) is 0 Å². The number of carbonyl (C=O) groups is 1. The molecule has 3 aromatic carbocycles. The van der Waals surface area contributed by atoms with Crippen molar-refractivity contribution in [1.29, 1.82) is 0 Å². The molecule has 0 spiro atoms. The Morgan fingerprint density at radius 2 is 1.62 bits per heavy atom. The van der Waals surface area contributed by atoms with E-state index in [4.69, 9.17) is 26.2 Å². The van der Waals surface area contributed by atoms with E-state index in [0.29, 0.717) is 27.9 Å². The molecule has 4 aromatic rings. The van der Waals surface area contributed by atoms with Crippen LogP contribution >= 0.6 is 11.6 Å². The van der Waals surface area contributed by atoms with E-state index in [1.807, 2.05) is 72.8 Å². The minimum absolute atomic E-state index is 0.261. The average molecular weight is 450 g/mol. The third-order valence-electron chi connectivity index (χ3n) is 4.95. The number of aliphatic hydroxyl groups excluding tert-OH is 1. The predicted molar refractivity (Wildman–Crippen MR) is 121 cm³/mol. The first kappa shape index (κ1) is 21.7. The van der Waals surface area contributed by atoms with E-state index in [9.17, 15) is 4.79 Å². The average Bonchev–Trinajstić information content (AvgIpc) is 3.30. The van der Waals surface area contributed by atoms with Crippen LogP contribution in [-0.2, 0) is 11.3 Å². The van der Waals surface area contributed by atoms with Crippen LogP contribution in [0.2, 0.25) is 5.02 Å². The Morgan fingerprint density at radius 3 is 2.38 bits per heavy atom. The summed E-state index contributed by atoms with van der Waals surface area (Å²) < 4.78 is 5.91. The number of nitrogens with zero attached hydrogens (tertiary/aromatic N) is 2. The normalized spacial score (nSPS) is 11.9. The SMILES string of the molecule is O=C(O)[C@H](CO)NCc1cccc(-c2nnc(-c3cccc(-c4ccccc4)c3Cl)o2)c1. The molecule has 0 aliphatic rings. The first-order valence-corrected chi connectivity index (χ1v) is 10.3. The molecular formula is C24H20ClN3O4. The van der Waals surface area contributed by atoms with Crippen molar-refractivity contribution >= 4 is 17.6 Å². The fraction of sp³-hybridized carbons (Fsp3) is 0.125. The zero-order valence-corrected chi connectivity index (χ0v) is 17.7. The summed E-state index contributed by atoms with van der Waals surface area (Å²) in [6.07, 6.45) is 0. The lowest BCUT2D eigenvalue weighted by Gasteiger charge is -2.11. The Bertz CT molecular complexity index is 1230. The van der Waals surface area contributed by atoms with Gasteiger partial charge in [-0.1, -0.05) is 66.2 Å². The molecule has 0 unspecified atom stereocenters. The van der Waals surface area contributed by atoms with Gasteiger partial charge in [-0.25, -0.2) is 0 Å². The van der Waals surface area contributed by atoms with Gasteiger partial charge in [0.25, 0.3) is 0 Å². The van der Waals surface area contributed by atoms with Crippen molar-refractivity contribution in [2.45, 2.75) is 12.6 Å². The van der Waals surface area contributed by atoms with Gasteiger partial charge in [0.15, 0.2) is 0 Å². The molecule has 3 N–H and O–H groups in total. The Hall–Kier alpha value is -3.52. The van der Waals surface area contributed by atoms with Gasteiger partial charge in [0.05, 0.1) is 17.2 Å². The topological polar surface area (TPSA) is 108 Å². The van der Waals surface area contributed by atoms with Gasteiger partial charge in [-0.3, -0.25) is 10.1 Å². The Kier molecular flexibility index (Phi) is 6.61. The first-order chi connectivity index (χ1) is 15.6. The van der Waals surface area contributed by atoms with Gasteiger partial charge in [-0.15, -0.1) is 10.2 Å². The molecule has 0 saturated carbocycles. The molecular weight excluding hydrogens is 430 g/mol. The van der Waals surface area contributed by atoms with Crippen molar-refractivity contribution in [2.24, 2.45) is 0 Å². The van der Waals surface area contributed by atoms with Gasteiger partial charge in [-0.2, -0.15) is 0 Å². The first-order valence-electron chi connectivity index (χ1n) is 9.91. The van der Waals surface area contributed by atoms with E-state index in [1.54, 1.807) is 0 Å². The fourth-order valence-electron chi connectivity index (χ4n) is 3.27. The van der Waals surface area contributed by atoms with Crippen LogP contribution < -0.4 is 5.32 Å². The second kappa shape index (κ2) is 9.74. The second-order valence-electron chi connectivity index (χ2n) is 7.10. The summed E-state index contributed by atoms with van der Waals surface area (Å²) in [5.41, 5.74) is 3.99. The molecule has 0 radical (unpaired) electrons. The second-order valence-corrected chi connectivity index (χ2v) is 7.48. The lowest BCUT2D eigenvalue weighted by molar-refractivity contribution is -0.140. The largest absolute Gasteiger partial charge is 0.480 e. The summed E-state index contributed by atoms with van der Waals surface area (Å²) in [6.45, 7) is -0.234. The Morgan fingerprint density at radius 1 is 0.938 bits per heavy atom. The molecule has 1 heterocycles. The van der Waals surface area contributed by atoms with Crippen LogP contribution in [0.4, 0.5) is 0 Å². The molecule has 1 aromatic heterocycles. The molecule has 7 nitrogen and oxygen atoms in total. The van der Waals surface area contributed by atoms with Crippen LogP contribution in [0.15, 0.2) is 77.2 Å². The van der Waals surface area contributed by atoms with Gasteiger partial charge in [0, 0.05) is 17.7 Å². The minimum Gasteiger partial charge on any atom is -0.480 e. The van der Waals surface area contributed by atoms with Crippen molar-refractivity contribution in [3.8, 4) is 34.0 Å². The highest BCUT2D eigenvalue weighted by molar-refractivity contribution is 6.35. The molecule has 0 saturated heterocycles. The summed E-state index contributed by atoms with van der Waals surface area (Å²) in [5, 5.41) is 29.8. The fourth-order valence-corrected chi connectivity index (χ4v) is 3.59. The van der Waals surface area contributed by atoms with Crippen LogP contribution in [0.3, 0.4) is 0 Å². The number of aliphatic carboxylic acids is 1. The van der Waals surface area contributed by atoms with Gasteiger partial charge >= 0.3 is 5.97 Å². The number of carboxylic acids is 1. The lowest BCUT2D eigenvalue weighted by atomic mass is 10.0. The van der Waals surface area contributed by atoms with Crippen LogP contribution in [0, 0.1) is 0 Å². The molecule has 0 bridgehead atoms. The van der Waals surface area contributed by atoms with E-state index in [1.165, 1.54) is 0 Å². The number of aliphatic hydroxyl groups is 1. The maximum Gasteiger partial charge on any atom is 0.323 e. The van der Waals surface area contributed by atoms with Crippen molar-refractivity contribution in [3.05, 3.63) is 83.4 Å². The van der Waals surface area contributed by atoms with Crippen LogP contribution in [0.25, 0.3) is 34.0 Å². The molecule has 162 valence electrons. The lowest BCUT2D eigenvalue weighted by Crippen LogP contribution is -2.39. The maximum atomic E-state index is 11.1. The smallest absolute Gasteiger partial charge is 0.323 e. The van der Waals surface area contributed by atoms with E-state index in [-0.39, 0.29) is 6.54 Å². The molecule has 0 aliphatic carbocycles. The summed E-state index contributed by atoms with van der Waals surface area (Å²) >= 11 is 6.66. The van der Waals surface area contributed by atoms with Crippen LogP contribution in [0.1, 0.15) is 5.56 Å². The summed E-state index contributed by atoms with van der Waals surface area (Å²) in [7, 11) is 0. The van der Waals surface area contributed by atoms with E-state index in [0.717, 1.165) is 16.7 Å². The highest BCUT2D eigenvalue weighted by atomic mass is 35.5. The van der Waals surface area contributed by atoms with Gasteiger partial charge in [0.2, 0.25) is 11.8 Å². The quantitative estimate of drug-likeness (QED) is 0.368. The third-order valence-corrected chi connectivity index (χ3v) is 5.35. The third kappa shape index (κ3) is 4.70. The molecule has 8 heteroatoms. The molecule has 32 heavy (non-hydrogen) atoms. The zero-order valence-electron chi connectivity index (χ0n) is 16.9. The number of rotatable bonds is 8. The zero-order chi connectivity index (χ0) is 22.5. The van der Waals surface area contributed by atoms with Crippen molar-refractivity contribution in [2.75, 3.05) is 6.61 Å². The standard InChI is InChI=1S/C24H20ClN3O4/c25-21-18(16-7-2-1-3-8-16)10-5-11-19(21)23-28-27-22(32-23)17-9-4-6-15(12-17)13-26-20(14-29)24(30)31/h1-12,20,26,29H,13-14H2,(H,30,31)/t20-/m0/s1. The number of aromatic nitrogens is 2. The molecule has 0 fully saturated rings. The van der Waals surface area contributed by atoms with Crippen molar-refractivity contribution < 1.29 is 19.4 Å². The van der Waals surface area contributed by atoms with Gasteiger partial charge < -0.3 is 14.6 Å². The highest BCUT2D eigenvalue weighted by Crippen LogP contribution is 2.36. The molecule has 0 amide bonds. The van der Waals surface area contributed by atoms with Gasteiger partial charge in [0.1, 0.15) is 6.04 Å². The molecule has 4 rings (SSSR count). The Balaban J connectivity index is 1.58. The molecule has 0 aliphatic heterocycles. The summed E-state index contributed by atoms with van der Waals surface area (Å²) in [4.78, 5) is 11.1. The predicted octanol–water partition coefficient (Wildman–Crippen LogP) is 4.26. The summed E-state index contributed by atoms with van der Waals surface area (Å²) in [6, 6.07) is 21.7. The van der Waals surface area contributed by atoms with Crippen molar-refractivity contribution in [1.82, 2.24) is 15.5 Å². The Labute approximate surface area is 189 Å². The van der Waals surface area contributed by atoms with Crippen LogP contribution in [-0.4, -0.2) is 39.0 Å².